The van der Waals surface area contributed by atoms with Crippen LogP contribution in [0.15, 0.2) is 24.3 Å². The zero-order chi connectivity index (χ0) is 13.8. The minimum atomic E-state index is 0.697. The van der Waals surface area contributed by atoms with Crippen LogP contribution >= 0.6 is 0 Å². The van der Waals surface area contributed by atoms with Crippen LogP contribution in [0.4, 0.5) is 11.4 Å². The fourth-order valence-corrected chi connectivity index (χ4v) is 3.59. The normalized spacial score (nSPS) is 27.2. The molecular weight excluding hydrogens is 232 g/mol. The van der Waals surface area contributed by atoms with Crippen molar-refractivity contribution in [2.75, 3.05) is 17.2 Å². The maximum atomic E-state index is 5.80. The van der Waals surface area contributed by atoms with E-state index in [4.69, 9.17) is 5.73 Å². The monoisotopic (exact) mass is 260 g/mol. The second-order valence-corrected chi connectivity index (χ2v) is 6.36. The van der Waals surface area contributed by atoms with Crippen LogP contribution in [0, 0.1) is 11.8 Å². The first kappa shape index (κ1) is 14.2. The lowest BCUT2D eigenvalue weighted by molar-refractivity contribution is 0.259. The molecule has 1 saturated carbocycles. The Hall–Kier alpha value is -1.18. The summed E-state index contributed by atoms with van der Waals surface area (Å²) in [6, 6.07) is 9.09. The van der Waals surface area contributed by atoms with E-state index in [0.29, 0.717) is 6.04 Å². The van der Waals surface area contributed by atoms with E-state index >= 15 is 0 Å². The van der Waals surface area contributed by atoms with Crippen LogP contribution in [0.25, 0.3) is 0 Å². The molecule has 0 aromatic heterocycles. The third-order valence-corrected chi connectivity index (χ3v) is 4.28. The van der Waals surface area contributed by atoms with Crippen molar-refractivity contribution in [1.29, 1.82) is 0 Å². The van der Waals surface area contributed by atoms with Gasteiger partial charge in [-0.1, -0.05) is 20.8 Å². The molecule has 2 atom stereocenters. The summed E-state index contributed by atoms with van der Waals surface area (Å²) in [5, 5.41) is 0. The van der Waals surface area contributed by atoms with E-state index in [9.17, 15) is 0 Å². The number of nitrogen functional groups attached to an aromatic ring is 1. The molecule has 0 saturated heterocycles. The highest BCUT2D eigenvalue weighted by atomic mass is 15.2. The first-order chi connectivity index (χ1) is 9.10. The van der Waals surface area contributed by atoms with Gasteiger partial charge in [0.15, 0.2) is 0 Å². The molecule has 2 heteroatoms. The molecule has 0 aliphatic heterocycles. The lowest BCUT2D eigenvalue weighted by Crippen LogP contribution is -2.41. The number of hydrogen-bond acceptors (Lipinski definition) is 2. The number of benzene rings is 1. The smallest absolute Gasteiger partial charge is 0.0370 e. The molecule has 2 nitrogen and oxygen atoms in total. The molecule has 1 aromatic rings. The molecule has 0 radical (unpaired) electrons. The van der Waals surface area contributed by atoms with Crippen LogP contribution in [0.5, 0.6) is 0 Å². The van der Waals surface area contributed by atoms with E-state index in [1.165, 1.54) is 31.4 Å². The Morgan fingerprint density at radius 3 is 2.16 bits per heavy atom. The van der Waals surface area contributed by atoms with Crippen molar-refractivity contribution >= 4 is 11.4 Å². The fourth-order valence-electron chi connectivity index (χ4n) is 3.59. The summed E-state index contributed by atoms with van der Waals surface area (Å²) in [5.74, 6) is 1.70. The molecule has 0 amide bonds. The maximum Gasteiger partial charge on any atom is 0.0370 e. The molecule has 1 fully saturated rings. The Kier molecular flexibility index (Phi) is 4.73. The van der Waals surface area contributed by atoms with Crippen LogP contribution in [0.1, 0.15) is 46.5 Å². The van der Waals surface area contributed by atoms with Crippen molar-refractivity contribution in [3.8, 4) is 0 Å². The Morgan fingerprint density at radius 1 is 1.05 bits per heavy atom. The SMILES string of the molecule is CCCN(c1ccc(N)cc1)C1CC(C)CC(C)C1. The van der Waals surface area contributed by atoms with E-state index in [-0.39, 0.29) is 0 Å². The van der Waals surface area contributed by atoms with Gasteiger partial charge in [-0.2, -0.15) is 0 Å². The number of nitrogens with two attached hydrogens (primary N) is 1. The molecule has 2 unspecified atom stereocenters. The van der Waals surface area contributed by atoms with Crippen LogP contribution < -0.4 is 10.6 Å². The van der Waals surface area contributed by atoms with Gasteiger partial charge >= 0.3 is 0 Å². The fraction of sp³-hybridized carbons (Fsp3) is 0.647. The van der Waals surface area contributed by atoms with Gasteiger partial charge in [0.25, 0.3) is 0 Å². The maximum absolute atomic E-state index is 5.80. The zero-order valence-electron chi connectivity index (χ0n) is 12.6. The molecule has 2 rings (SSSR count). The summed E-state index contributed by atoms with van der Waals surface area (Å²) in [6.45, 7) is 8.21. The first-order valence-electron chi connectivity index (χ1n) is 7.72. The summed E-state index contributed by atoms with van der Waals surface area (Å²) >= 11 is 0. The number of nitrogens with zero attached hydrogens (tertiary/aromatic N) is 1. The highest BCUT2D eigenvalue weighted by molar-refractivity contribution is 5.53. The van der Waals surface area contributed by atoms with Crippen molar-refractivity contribution in [3.63, 3.8) is 0 Å². The second-order valence-electron chi connectivity index (χ2n) is 6.36. The van der Waals surface area contributed by atoms with Gasteiger partial charge in [0.05, 0.1) is 0 Å². The predicted molar refractivity (Wildman–Crippen MR) is 84.5 cm³/mol. The second kappa shape index (κ2) is 6.31. The topological polar surface area (TPSA) is 29.3 Å². The zero-order valence-corrected chi connectivity index (χ0v) is 12.6. The van der Waals surface area contributed by atoms with Gasteiger partial charge in [0.2, 0.25) is 0 Å². The summed E-state index contributed by atoms with van der Waals surface area (Å²) in [5.41, 5.74) is 7.99. The molecule has 0 spiro atoms. The van der Waals surface area contributed by atoms with Crippen molar-refractivity contribution in [2.45, 2.75) is 52.5 Å². The highest BCUT2D eigenvalue weighted by Crippen LogP contribution is 2.34. The van der Waals surface area contributed by atoms with E-state index in [1.807, 2.05) is 12.1 Å². The third-order valence-electron chi connectivity index (χ3n) is 4.28. The Balaban J connectivity index is 2.16. The molecule has 2 N–H and O–H groups in total. The van der Waals surface area contributed by atoms with Crippen LogP contribution in [-0.4, -0.2) is 12.6 Å². The molecule has 1 aliphatic carbocycles. The molecule has 1 aliphatic rings. The minimum absolute atomic E-state index is 0.697. The molecule has 19 heavy (non-hydrogen) atoms. The van der Waals surface area contributed by atoms with Gasteiger partial charge in [0.1, 0.15) is 0 Å². The number of hydrogen-bond donors (Lipinski definition) is 1. The molecule has 106 valence electrons. The quantitative estimate of drug-likeness (QED) is 0.817. The Morgan fingerprint density at radius 2 is 1.63 bits per heavy atom. The van der Waals surface area contributed by atoms with Gasteiger partial charge in [-0.25, -0.2) is 0 Å². The molecule has 0 bridgehead atoms. The van der Waals surface area contributed by atoms with Crippen LogP contribution in [0.3, 0.4) is 0 Å². The average Bonchev–Trinajstić information content (AvgIpc) is 2.36. The van der Waals surface area contributed by atoms with Gasteiger partial charge in [-0.15, -0.1) is 0 Å². The van der Waals surface area contributed by atoms with E-state index in [0.717, 1.165) is 24.1 Å². The lowest BCUT2D eigenvalue weighted by atomic mass is 9.79. The Labute approximate surface area is 118 Å². The van der Waals surface area contributed by atoms with Gasteiger partial charge < -0.3 is 10.6 Å². The molecule has 1 aromatic carbocycles. The van der Waals surface area contributed by atoms with Crippen molar-refractivity contribution in [1.82, 2.24) is 0 Å². The summed E-state index contributed by atoms with van der Waals surface area (Å²) < 4.78 is 0. The van der Waals surface area contributed by atoms with E-state index < -0.39 is 0 Å². The van der Waals surface area contributed by atoms with Crippen LogP contribution in [-0.2, 0) is 0 Å². The standard InChI is InChI=1S/C17H28N2/c1-4-9-19(16-7-5-15(18)6-8-16)17-11-13(2)10-14(3)12-17/h5-8,13-14,17H,4,9-12,18H2,1-3H3. The minimum Gasteiger partial charge on any atom is -0.399 e. The van der Waals surface area contributed by atoms with E-state index in [2.05, 4.69) is 37.8 Å². The summed E-state index contributed by atoms with van der Waals surface area (Å²) in [6.07, 6.45) is 5.24. The van der Waals surface area contributed by atoms with Crippen molar-refractivity contribution in [3.05, 3.63) is 24.3 Å². The van der Waals surface area contributed by atoms with Gasteiger partial charge in [-0.05, 0) is 61.8 Å². The van der Waals surface area contributed by atoms with Gasteiger partial charge in [-0.3, -0.25) is 0 Å². The van der Waals surface area contributed by atoms with Crippen molar-refractivity contribution in [2.24, 2.45) is 11.8 Å². The molecule has 0 heterocycles. The largest absolute Gasteiger partial charge is 0.399 e. The molecular formula is C17H28N2. The van der Waals surface area contributed by atoms with E-state index in [1.54, 1.807) is 0 Å². The average molecular weight is 260 g/mol. The number of rotatable bonds is 4. The number of anilines is 2. The summed E-state index contributed by atoms with van der Waals surface area (Å²) in [7, 11) is 0. The third kappa shape index (κ3) is 3.65. The Bertz CT molecular complexity index is 375. The highest BCUT2D eigenvalue weighted by Gasteiger charge is 2.28. The summed E-state index contributed by atoms with van der Waals surface area (Å²) in [4.78, 5) is 2.60. The predicted octanol–water partition coefficient (Wildman–Crippen LogP) is 4.31. The lowest BCUT2D eigenvalue weighted by Gasteiger charge is -2.40. The van der Waals surface area contributed by atoms with Crippen LogP contribution in [0.2, 0.25) is 0 Å². The van der Waals surface area contributed by atoms with Crippen molar-refractivity contribution < 1.29 is 0 Å². The first-order valence-corrected chi connectivity index (χ1v) is 7.72. The van der Waals surface area contributed by atoms with Gasteiger partial charge in [0, 0.05) is 24.0 Å².